The van der Waals surface area contributed by atoms with E-state index in [0.29, 0.717) is 12.2 Å². The van der Waals surface area contributed by atoms with Crippen molar-refractivity contribution in [2.75, 3.05) is 22.6 Å². The molecule has 134 valence electrons. The first-order valence-electron chi connectivity index (χ1n) is 8.10. The van der Waals surface area contributed by atoms with Crippen molar-refractivity contribution in [1.82, 2.24) is 9.78 Å². The summed E-state index contributed by atoms with van der Waals surface area (Å²) >= 11 is 3.24. The molecule has 1 fully saturated rings. The van der Waals surface area contributed by atoms with E-state index < -0.39 is 9.84 Å². The zero-order chi connectivity index (χ0) is 17.8. The monoisotopic (exact) mass is 397 g/mol. The van der Waals surface area contributed by atoms with Crippen molar-refractivity contribution in [3.63, 3.8) is 0 Å². The predicted molar refractivity (Wildman–Crippen MR) is 101 cm³/mol. The number of rotatable bonds is 2. The average Bonchev–Trinajstić information content (AvgIpc) is 3.18. The number of carbonyl (C=O) groups excluding carboxylic acids is 1. The molecule has 2 aromatic heterocycles. The van der Waals surface area contributed by atoms with E-state index in [-0.39, 0.29) is 28.7 Å². The Balaban J connectivity index is 1.76. The molecular formula is C16H19N3O3S3. The van der Waals surface area contributed by atoms with Crippen molar-refractivity contribution >= 4 is 44.5 Å². The Hall–Kier alpha value is -1.32. The molecule has 9 heteroatoms. The van der Waals surface area contributed by atoms with E-state index >= 15 is 0 Å². The summed E-state index contributed by atoms with van der Waals surface area (Å²) in [5, 5.41) is 9.67. The second-order valence-corrected chi connectivity index (χ2v) is 10.8. The van der Waals surface area contributed by atoms with E-state index in [1.54, 1.807) is 23.1 Å². The minimum absolute atomic E-state index is 0.0109. The van der Waals surface area contributed by atoms with Gasteiger partial charge in [0.2, 0.25) is 5.91 Å². The minimum Gasteiger partial charge on any atom is -0.324 e. The quantitative estimate of drug-likeness (QED) is 0.843. The van der Waals surface area contributed by atoms with E-state index in [1.807, 2.05) is 30.0 Å². The number of carbonyl (C=O) groups is 1. The lowest BCUT2D eigenvalue weighted by molar-refractivity contribution is -0.113. The van der Waals surface area contributed by atoms with Crippen LogP contribution in [0.3, 0.4) is 0 Å². The number of anilines is 1. The summed E-state index contributed by atoms with van der Waals surface area (Å²) < 4.78 is 25.6. The zero-order valence-corrected chi connectivity index (χ0v) is 16.4. The molecule has 0 aliphatic carbocycles. The molecule has 4 rings (SSSR count). The number of nitrogens with zero attached hydrogens (tertiary/aromatic N) is 2. The Bertz CT molecular complexity index is 945. The van der Waals surface area contributed by atoms with Crippen LogP contribution in [0, 0.1) is 13.8 Å². The molecule has 1 N–H and O–H groups in total. The molecule has 0 unspecified atom stereocenters. The number of thiophene rings is 1. The van der Waals surface area contributed by atoms with Gasteiger partial charge in [-0.15, -0.1) is 23.1 Å². The fraction of sp³-hybridized carbons (Fsp3) is 0.500. The number of nitrogens with one attached hydrogen (secondary N) is 1. The van der Waals surface area contributed by atoms with E-state index in [2.05, 4.69) is 10.4 Å². The molecule has 0 radical (unpaired) electrons. The second-order valence-electron chi connectivity index (χ2n) is 6.52. The first-order chi connectivity index (χ1) is 11.9. The lowest BCUT2D eigenvalue weighted by Gasteiger charge is -2.16. The third-order valence-electron chi connectivity index (χ3n) is 4.79. The SMILES string of the molecule is Cc1nn([C@H]2CCS(=O)(=O)C2)c(C)c1[C@@H]1SCC(=O)Nc2ccsc21. The van der Waals surface area contributed by atoms with Crippen LogP contribution < -0.4 is 5.32 Å². The van der Waals surface area contributed by atoms with Gasteiger partial charge in [-0.25, -0.2) is 8.42 Å². The Morgan fingerprint density at radius 3 is 2.88 bits per heavy atom. The van der Waals surface area contributed by atoms with Crippen molar-refractivity contribution in [3.05, 3.63) is 33.3 Å². The lowest BCUT2D eigenvalue weighted by Crippen LogP contribution is -2.14. The third kappa shape index (κ3) is 3.02. The number of aryl methyl sites for hydroxylation is 1. The van der Waals surface area contributed by atoms with Crippen LogP contribution in [0.4, 0.5) is 5.69 Å². The first-order valence-corrected chi connectivity index (χ1v) is 11.9. The zero-order valence-electron chi connectivity index (χ0n) is 14.0. The largest absolute Gasteiger partial charge is 0.324 e. The van der Waals surface area contributed by atoms with E-state index in [4.69, 9.17) is 0 Å². The van der Waals surface area contributed by atoms with Crippen LogP contribution in [0.15, 0.2) is 11.4 Å². The molecule has 2 aromatic rings. The molecule has 1 saturated heterocycles. The third-order valence-corrected chi connectivity index (χ3v) is 8.90. The van der Waals surface area contributed by atoms with Crippen LogP contribution in [-0.4, -0.2) is 41.4 Å². The van der Waals surface area contributed by atoms with Crippen LogP contribution in [0.25, 0.3) is 0 Å². The Morgan fingerprint density at radius 2 is 2.16 bits per heavy atom. The Morgan fingerprint density at radius 1 is 1.36 bits per heavy atom. The Kier molecular flexibility index (Phi) is 4.20. The smallest absolute Gasteiger partial charge is 0.234 e. The first kappa shape index (κ1) is 17.1. The van der Waals surface area contributed by atoms with Crippen molar-refractivity contribution in [3.8, 4) is 0 Å². The summed E-state index contributed by atoms with van der Waals surface area (Å²) in [6, 6.07) is 1.85. The molecule has 0 spiro atoms. The summed E-state index contributed by atoms with van der Waals surface area (Å²) in [4.78, 5) is 13.1. The molecule has 6 nitrogen and oxygen atoms in total. The summed E-state index contributed by atoms with van der Waals surface area (Å²) in [6.07, 6.45) is 0.617. The van der Waals surface area contributed by atoms with Gasteiger partial charge in [0, 0.05) is 16.1 Å². The van der Waals surface area contributed by atoms with E-state index in [9.17, 15) is 13.2 Å². The predicted octanol–water partition coefficient (Wildman–Crippen LogP) is 2.70. The highest BCUT2D eigenvalue weighted by atomic mass is 32.2. The summed E-state index contributed by atoms with van der Waals surface area (Å²) in [5.41, 5.74) is 3.90. The van der Waals surface area contributed by atoms with Crippen molar-refractivity contribution in [1.29, 1.82) is 0 Å². The molecule has 4 heterocycles. The van der Waals surface area contributed by atoms with Crippen LogP contribution >= 0.6 is 23.1 Å². The molecule has 1 amide bonds. The number of aromatic nitrogens is 2. The van der Waals surface area contributed by atoms with Crippen LogP contribution in [0.1, 0.15) is 39.5 Å². The summed E-state index contributed by atoms with van der Waals surface area (Å²) in [7, 11) is -2.96. The van der Waals surface area contributed by atoms with E-state index in [1.165, 1.54) is 0 Å². The van der Waals surface area contributed by atoms with Crippen molar-refractivity contribution in [2.45, 2.75) is 31.6 Å². The van der Waals surface area contributed by atoms with Gasteiger partial charge >= 0.3 is 0 Å². The number of hydrogen-bond acceptors (Lipinski definition) is 6. The van der Waals surface area contributed by atoms with Crippen LogP contribution in [0.2, 0.25) is 0 Å². The van der Waals surface area contributed by atoms with Gasteiger partial charge in [0.1, 0.15) is 0 Å². The lowest BCUT2D eigenvalue weighted by atomic mass is 10.1. The maximum absolute atomic E-state index is 12.0. The van der Waals surface area contributed by atoms with Gasteiger partial charge in [-0.3, -0.25) is 9.48 Å². The Labute approximate surface area is 154 Å². The number of thioether (sulfide) groups is 1. The van der Waals surface area contributed by atoms with Gasteiger partial charge in [0.15, 0.2) is 9.84 Å². The van der Waals surface area contributed by atoms with Gasteiger partial charge in [-0.2, -0.15) is 5.10 Å². The normalized spacial score (nSPS) is 25.4. The van der Waals surface area contributed by atoms with Gasteiger partial charge in [0.25, 0.3) is 0 Å². The van der Waals surface area contributed by atoms with Crippen molar-refractivity contribution < 1.29 is 13.2 Å². The number of sulfone groups is 1. The number of hydrogen-bond donors (Lipinski definition) is 1. The molecule has 0 saturated carbocycles. The number of fused-ring (bicyclic) bond motifs is 1. The van der Waals surface area contributed by atoms with Crippen LogP contribution in [0.5, 0.6) is 0 Å². The van der Waals surface area contributed by atoms with Gasteiger partial charge in [0.05, 0.1) is 39.9 Å². The number of amides is 1. The highest BCUT2D eigenvalue weighted by Gasteiger charge is 2.34. The maximum atomic E-state index is 12.0. The summed E-state index contributed by atoms with van der Waals surface area (Å²) in [6.45, 7) is 3.98. The van der Waals surface area contributed by atoms with Crippen molar-refractivity contribution in [2.24, 2.45) is 0 Å². The fourth-order valence-electron chi connectivity index (χ4n) is 3.64. The highest BCUT2D eigenvalue weighted by Crippen LogP contribution is 2.46. The minimum atomic E-state index is -2.96. The summed E-state index contributed by atoms with van der Waals surface area (Å²) in [5.74, 6) is 0.804. The topological polar surface area (TPSA) is 81.1 Å². The molecule has 2 aliphatic heterocycles. The van der Waals surface area contributed by atoms with Crippen LogP contribution in [-0.2, 0) is 14.6 Å². The molecular weight excluding hydrogens is 378 g/mol. The average molecular weight is 398 g/mol. The fourth-order valence-corrected chi connectivity index (χ4v) is 7.72. The van der Waals surface area contributed by atoms with Gasteiger partial charge in [-0.05, 0) is 31.7 Å². The van der Waals surface area contributed by atoms with Gasteiger partial charge < -0.3 is 5.32 Å². The molecule has 0 aromatic carbocycles. The molecule has 25 heavy (non-hydrogen) atoms. The highest BCUT2D eigenvalue weighted by molar-refractivity contribution is 8.00. The van der Waals surface area contributed by atoms with E-state index in [0.717, 1.165) is 27.5 Å². The van der Waals surface area contributed by atoms with Gasteiger partial charge in [-0.1, -0.05) is 0 Å². The molecule has 2 atom stereocenters. The second kappa shape index (κ2) is 6.14. The maximum Gasteiger partial charge on any atom is 0.234 e. The molecule has 2 aliphatic rings. The standard InChI is InChI=1S/C16H19N3O3S3/c1-9-14(10(2)19(18-9)11-4-6-25(21,22)8-11)16-15-12(3-5-23-15)17-13(20)7-24-16/h3,5,11,16H,4,6-8H2,1-2H3,(H,17,20)/t11-,16-/m0/s1. The molecule has 0 bridgehead atoms.